The molecule has 0 aliphatic carbocycles. The van der Waals surface area contributed by atoms with Crippen LogP contribution in [0.4, 0.5) is 0 Å². The van der Waals surface area contributed by atoms with Gasteiger partial charge >= 0.3 is 0 Å². The second-order valence-corrected chi connectivity index (χ2v) is 7.43. The maximum Gasteiger partial charge on any atom is 0.0527 e. The third-order valence-electron chi connectivity index (χ3n) is 4.48. The van der Waals surface area contributed by atoms with E-state index in [0.29, 0.717) is 16.2 Å². The Labute approximate surface area is 95.6 Å². The van der Waals surface area contributed by atoms with Crippen LogP contribution in [-0.2, 0) is 4.74 Å². The van der Waals surface area contributed by atoms with Crippen LogP contribution in [0.15, 0.2) is 0 Å². The second kappa shape index (κ2) is 3.76. The zero-order chi connectivity index (χ0) is 11.9. The lowest BCUT2D eigenvalue weighted by atomic mass is 9.53. The van der Waals surface area contributed by atoms with E-state index >= 15 is 0 Å². The van der Waals surface area contributed by atoms with E-state index in [4.69, 9.17) is 4.74 Å². The molecule has 1 saturated heterocycles. The molecule has 1 aliphatic rings. The highest BCUT2D eigenvalue weighted by Crippen LogP contribution is 2.54. The van der Waals surface area contributed by atoms with E-state index in [-0.39, 0.29) is 0 Å². The fraction of sp³-hybridized carbons (Fsp3) is 1.00. The second-order valence-electron chi connectivity index (χ2n) is 7.43. The summed E-state index contributed by atoms with van der Waals surface area (Å²) in [5, 5.41) is 0. The van der Waals surface area contributed by atoms with Crippen molar-refractivity contribution in [3.8, 4) is 0 Å². The molecule has 15 heavy (non-hydrogen) atoms. The van der Waals surface area contributed by atoms with E-state index in [1.807, 2.05) is 0 Å². The molecule has 0 saturated carbocycles. The van der Waals surface area contributed by atoms with Crippen molar-refractivity contribution in [1.82, 2.24) is 0 Å². The van der Waals surface area contributed by atoms with Crippen LogP contribution in [0.25, 0.3) is 0 Å². The van der Waals surface area contributed by atoms with Crippen molar-refractivity contribution in [2.45, 2.75) is 54.9 Å². The van der Waals surface area contributed by atoms with E-state index in [9.17, 15) is 0 Å². The molecule has 1 fully saturated rings. The van der Waals surface area contributed by atoms with E-state index in [1.165, 1.54) is 6.42 Å². The van der Waals surface area contributed by atoms with Crippen LogP contribution >= 0.6 is 0 Å². The molecule has 0 aromatic carbocycles. The van der Waals surface area contributed by atoms with Gasteiger partial charge in [0.2, 0.25) is 0 Å². The molecule has 1 heteroatoms. The van der Waals surface area contributed by atoms with Crippen molar-refractivity contribution in [2.75, 3.05) is 13.2 Å². The third kappa shape index (κ3) is 2.38. The SMILES string of the molecule is CC(C)(C)C1CCOC[C@]1(C)C(C)(C)C. The first-order chi connectivity index (χ1) is 6.59. The first-order valence-corrected chi connectivity index (χ1v) is 6.17. The maximum atomic E-state index is 5.74. The zero-order valence-electron chi connectivity index (χ0n) is 11.6. The Balaban J connectivity index is 3.02. The summed E-state index contributed by atoms with van der Waals surface area (Å²) in [6.07, 6.45) is 1.21. The highest BCUT2D eigenvalue weighted by molar-refractivity contribution is 4.98. The fourth-order valence-electron chi connectivity index (χ4n) is 3.03. The van der Waals surface area contributed by atoms with Crippen molar-refractivity contribution in [2.24, 2.45) is 22.2 Å². The summed E-state index contributed by atoms with van der Waals surface area (Å²) in [4.78, 5) is 0. The number of hydrogen-bond acceptors (Lipinski definition) is 1. The summed E-state index contributed by atoms with van der Waals surface area (Å²) in [5.41, 5.74) is 0.987. The number of ether oxygens (including phenoxy) is 1. The summed E-state index contributed by atoms with van der Waals surface area (Å²) < 4.78 is 5.74. The minimum Gasteiger partial charge on any atom is -0.381 e. The van der Waals surface area contributed by atoms with Crippen molar-refractivity contribution in [3.05, 3.63) is 0 Å². The average molecular weight is 212 g/mol. The Morgan fingerprint density at radius 1 is 1.07 bits per heavy atom. The molecule has 0 bridgehead atoms. The molecule has 0 aromatic rings. The van der Waals surface area contributed by atoms with Gasteiger partial charge in [0, 0.05) is 6.61 Å². The van der Waals surface area contributed by atoms with E-state index in [1.54, 1.807) is 0 Å². The lowest BCUT2D eigenvalue weighted by Gasteiger charge is -2.54. The summed E-state index contributed by atoms with van der Waals surface area (Å²) in [6.45, 7) is 18.4. The van der Waals surface area contributed by atoms with Gasteiger partial charge in [-0.1, -0.05) is 48.5 Å². The third-order valence-corrected chi connectivity index (χ3v) is 4.48. The molecule has 0 spiro atoms. The summed E-state index contributed by atoms with van der Waals surface area (Å²) >= 11 is 0. The molecule has 1 aliphatic heterocycles. The molecular formula is C14H28O. The van der Waals surface area contributed by atoms with Gasteiger partial charge in [-0.2, -0.15) is 0 Å². The quantitative estimate of drug-likeness (QED) is 0.587. The van der Waals surface area contributed by atoms with Crippen molar-refractivity contribution >= 4 is 0 Å². The van der Waals surface area contributed by atoms with Gasteiger partial charge in [-0.15, -0.1) is 0 Å². The molecule has 0 aromatic heterocycles. The van der Waals surface area contributed by atoms with Crippen LogP contribution in [-0.4, -0.2) is 13.2 Å². The van der Waals surface area contributed by atoms with Gasteiger partial charge in [-0.3, -0.25) is 0 Å². The molecule has 1 unspecified atom stereocenters. The Hall–Kier alpha value is -0.0400. The van der Waals surface area contributed by atoms with Crippen LogP contribution in [0.2, 0.25) is 0 Å². The predicted molar refractivity (Wildman–Crippen MR) is 65.9 cm³/mol. The van der Waals surface area contributed by atoms with Crippen LogP contribution in [0.1, 0.15) is 54.9 Å². The molecule has 1 heterocycles. The van der Waals surface area contributed by atoms with Gasteiger partial charge in [0.1, 0.15) is 0 Å². The molecule has 90 valence electrons. The molecule has 0 amide bonds. The zero-order valence-corrected chi connectivity index (χ0v) is 11.6. The minimum atomic E-state index is 0.295. The average Bonchev–Trinajstić information content (AvgIpc) is 2.00. The monoisotopic (exact) mass is 212 g/mol. The number of rotatable bonds is 0. The standard InChI is InChI=1S/C14H28O/c1-12(2,3)11-8-9-15-10-14(11,7)13(4,5)6/h11H,8-10H2,1-7H3/t11?,14-/m0/s1. The Morgan fingerprint density at radius 3 is 1.93 bits per heavy atom. The summed E-state index contributed by atoms with van der Waals surface area (Å²) in [5.74, 6) is 0.749. The molecule has 1 rings (SSSR count). The highest BCUT2D eigenvalue weighted by Gasteiger charge is 2.49. The molecule has 0 N–H and O–H groups in total. The first kappa shape index (κ1) is 13.0. The van der Waals surface area contributed by atoms with E-state index < -0.39 is 0 Å². The predicted octanol–water partition coefficient (Wildman–Crippen LogP) is 4.12. The lowest BCUT2D eigenvalue weighted by Crippen LogP contribution is -2.51. The van der Waals surface area contributed by atoms with Crippen LogP contribution < -0.4 is 0 Å². The highest BCUT2D eigenvalue weighted by atomic mass is 16.5. The van der Waals surface area contributed by atoms with Gasteiger partial charge in [0.15, 0.2) is 0 Å². The Morgan fingerprint density at radius 2 is 1.60 bits per heavy atom. The smallest absolute Gasteiger partial charge is 0.0527 e. The summed E-state index contributed by atoms with van der Waals surface area (Å²) in [7, 11) is 0. The van der Waals surface area contributed by atoms with Gasteiger partial charge < -0.3 is 4.74 Å². The van der Waals surface area contributed by atoms with Gasteiger partial charge in [-0.25, -0.2) is 0 Å². The fourth-order valence-corrected chi connectivity index (χ4v) is 3.03. The van der Waals surface area contributed by atoms with Gasteiger partial charge in [-0.05, 0) is 28.6 Å². The first-order valence-electron chi connectivity index (χ1n) is 6.17. The van der Waals surface area contributed by atoms with E-state index in [0.717, 1.165) is 19.1 Å². The minimum absolute atomic E-state index is 0.295. The Kier molecular flexibility index (Phi) is 3.27. The lowest BCUT2D eigenvalue weighted by molar-refractivity contribution is -0.133. The topological polar surface area (TPSA) is 9.23 Å². The molecule has 0 radical (unpaired) electrons. The van der Waals surface area contributed by atoms with Crippen molar-refractivity contribution < 1.29 is 4.74 Å². The maximum absolute atomic E-state index is 5.74. The summed E-state index contributed by atoms with van der Waals surface area (Å²) in [6, 6.07) is 0. The van der Waals surface area contributed by atoms with Crippen LogP contribution in [0.5, 0.6) is 0 Å². The van der Waals surface area contributed by atoms with Crippen molar-refractivity contribution in [1.29, 1.82) is 0 Å². The molecule has 2 atom stereocenters. The van der Waals surface area contributed by atoms with E-state index in [2.05, 4.69) is 48.5 Å². The van der Waals surface area contributed by atoms with Crippen LogP contribution in [0.3, 0.4) is 0 Å². The largest absolute Gasteiger partial charge is 0.381 e. The Bertz CT molecular complexity index is 218. The van der Waals surface area contributed by atoms with Gasteiger partial charge in [0.05, 0.1) is 6.61 Å². The number of hydrogen-bond donors (Lipinski definition) is 0. The van der Waals surface area contributed by atoms with Gasteiger partial charge in [0.25, 0.3) is 0 Å². The molecular weight excluding hydrogens is 184 g/mol. The van der Waals surface area contributed by atoms with Crippen molar-refractivity contribution in [3.63, 3.8) is 0 Å². The molecule has 1 nitrogen and oxygen atoms in total. The van der Waals surface area contributed by atoms with Crippen LogP contribution in [0, 0.1) is 22.2 Å². The normalized spacial score (nSPS) is 34.2.